The van der Waals surface area contributed by atoms with Gasteiger partial charge < -0.3 is 5.32 Å². The number of terminal acetylenes is 1. The summed E-state index contributed by atoms with van der Waals surface area (Å²) < 4.78 is 0. The van der Waals surface area contributed by atoms with Gasteiger partial charge in [0.2, 0.25) is 0 Å². The van der Waals surface area contributed by atoms with Crippen LogP contribution in [0, 0.1) is 18.3 Å². The standard InChI is InChI=1S/C16H29N/c1-3-5-6-7-8-9-10-11-16(4-2)17-14-15-12-13-15/h2,15-17H,3,5-14H2,1H3. The summed E-state index contributed by atoms with van der Waals surface area (Å²) >= 11 is 0. The molecule has 17 heavy (non-hydrogen) atoms. The summed E-state index contributed by atoms with van der Waals surface area (Å²) in [5.74, 6) is 3.82. The van der Waals surface area contributed by atoms with Crippen LogP contribution in [0.15, 0.2) is 0 Å². The second-order valence-electron chi connectivity index (χ2n) is 5.48. The van der Waals surface area contributed by atoms with Gasteiger partial charge in [0.15, 0.2) is 0 Å². The average molecular weight is 235 g/mol. The molecule has 0 bridgehead atoms. The lowest BCUT2D eigenvalue weighted by molar-refractivity contribution is 0.505. The predicted octanol–water partition coefficient (Wildman–Crippen LogP) is 4.13. The van der Waals surface area contributed by atoms with Gasteiger partial charge in [-0.05, 0) is 31.7 Å². The molecule has 1 fully saturated rings. The van der Waals surface area contributed by atoms with Crippen molar-refractivity contribution in [1.29, 1.82) is 0 Å². The highest BCUT2D eigenvalue weighted by Gasteiger charge is 2.21. The fourth-order valence-electron chi connectivity index (χ4n) is 2.18. The first-order chi connectivity index (χ1) is 8.36. The van der Waals surface area contributed by atoms with Gasteiger partial charge in [-0.25, -0.2) is 0 Å². The van der Waals surface area contributed by atoms with Crippen LogP contribution in [0.4, 0.5) is 0 Å². The van der Waals surface area contributed by atoms with E-state index in [4.69, 9.17) is 6.42 Å². The molecule has 0 amide bonds. The van der Waals surface area contributed by atoms with Crippen molar-refractivity contribution in [3.05, 3.63) is 0 Å². The number of nitrogens with one attached hydrogen (secondary N) is 1. The van der Waals surface area contributed by atoms with Crippen molar-refractivity contribution in [1.82, 2.24) is 5.32 Å². The monoisotopic (exact) mass is 235 g/mol. The summed E-state index contributed by atoms with van der Waals surface area (Å²) in [4.78, 5) is 0. The van der Waals surface area contributed by atoms with Crippen molar-refractivity contribution in [3.8, 4) is 12.3 Å². The highest BCUT2D eigenvalue weighted by molar-refractivity contribution is 4.99. The molecule has 1 rings (SSSR count). The summed E-state index contributed by atoms with van der Waals surface area (Å²) in [6, 6.07) is 0.325. The number of hydrogen-bond donors (Lipinski definition) is 1. The highest BCUT2D eigenvalue weighted by atomic mass is 14.9. The number of rotatable bonds is 11. The molecule has 0 aromatic heterocycles. The zero-order valence-corrected chi connectivity index (χ0v) is 11.5. The molecule has 0 heterocycles. The highest BCUT2D eigenvalue weighted by Crippen LogP contribution is 2.27. The third-order valence-corrected chi connectivity index (χ3v) is 3.65. The Bertz CT molecular complexity index is 212. The summed E-state index contributed by atoms with van der Waals surface area (Å²) in [5, 5.41) is 3.51. The number of hydrogen-bond acceptors (Lipinski definition) is 1. The molecule has 98 valence electrons. The maximum absolute atomic E-state index is 5.55. The Morgan fingerprint density at radius 2 is 1.76 bits per heavy atom. The second kappa shape index (κ2) is 9.54. The molecule has 1 nitrogen and oxygen atoms in total. The molecule has 0 spiro atoms. The molecule has 1 N–H and O–H groups in total. The first kappa shape index (κ1) is 14.6. The van der Waals surface area contributed by atoms with Gasteiger partial charge in [0.25, 0.3) is 0 Å². The van der Waals surface area contributed by atoms with Gasteiger partial charge in [0.1, 0.15) is 0 Å². The first-order valence-corrected chi connectivity index (χ1v) is 7.56. The fraction of sp³-hybridized carbons (Fsp3) is 0.875. The lowest BCUT2D eigenvalue weighted by Crippen LogP contribution is -2.29. The summed E-state index contributed by atoms with van der Waals surface area (Å²) in [5.41, 5.74) is 0. The zero-order chi connectivity index (χ0) is 12.3. The molecule has 1 saturated carbocycles. The van der Waals surface area contributed by atoms with E-state index in [1.165, 1.54) is 57.8 Å². The van der Waals surface area contributed by atoms with E-state index in [9.17, 15) is 0 Å². The summed E-state index contributed by atoms with van der Waals surface area (Å²) in [6.45, 7) is 3.41. The van der Waals surface area contributed by atoms with Crippen molar-refractivity contribution in [2.24, 2.45) is 5.92 Å². The Labute approximate surface area is 108 Å². The first-order valence-electron chi connectivity index (χ1n) is 7.56. The molecular formula is C16H29N. The molecule has 1 aliphatic rings. The van der Waals surface area contributed by atoms with Gasteiger partial charge in [0.05, 0.1) is 6.04 Å². The maximum Gasteiger partial charge on any atom is 0.0687 e. The van der Waals surface area contributed by atoms with Crippen LogP contribution in [0.1, 0.15) is 71.1 Å². The van der Waals surface area contributed by atoms with E-state index in [1.807, 2.05) is 0 Å². The van der Waals surface area contributed by atoms with Crippen LogP contribution in [0.2, 0.25) is 0 Å². The summed E-state index contributed by atoms with van der Waals surface area (Å²) in [7, 11) is 0. The smallest absolute Gasteiger partial charge is 0.0687 e. The van der Waals surface area contributed by atoms with Gasteiger partial charge in [0, 0.05) is 0 Å². The minimum atomic E-state index is 0.325. The minimum Gasteiger partial charge on any atom is -0.303 e. The van der Waals surface area contributed by atoms with Gasteiger partial charge in [-0.3, -0.25) is 0 Å². The molecule has 0 radical (unpaired) electrons. The van der Waals surface area contributed by atoms with Crippen molar-refractivity contribution >= 4 is 0 Å². The second-order valence-corrected chi connectivity index (χ2v) is 5.48. The molecule has 1 aliphatic carbocycles. The van der Waals surface area contributed by atoms with E-state index < -0.39 is 0 Å². The van der Waals surface area contributed by atoms with E-state index >= 15 is 0 Å². The molecule has 0 aromatic rings. The molecule has 0 saturated heterocycles. The van der Waals surface area contributed by atoms with Crippen molar-refractivity contribution in [2.45, 2.75) is 77.2 Å². The SMILES string of the molecule is C#CC(CCCCCCCCC)NCC1CC1. The van der Waals surface area contributed by atoms with Gasteiger partial charge in [-0.15, -0.1) is 6.42 Å². The Kier molecular flexibility index (Phi) is 8.18. The molecule has 1 heteroatoms. The largest absolute Gasteiger partial charge is 0.303 e. The van der Waals surface area contributed by atoms with E-state index in [0.29, 0.717) is 6.04 Å². The van der Waals surface area contributed by atoms with Crippen LogP contribution in [0.3, 0.4) is 0 Å². The van der Waals surface area contributed by atoms with E-state index in [-0.39, 0.29) is 0 Å². The molecule has 0 aromatic carbocycles. The van der Waals surface area contributed by atoms with Crippen LogP contribution in [-0.2, 0) is 0 Å². The van der Waals surface area contributed by atoms with E-state index in [2.05, 4.69) is 18.2 Å². The van der Waals surface area contributed by atoms with E-state index in [0.717, 1.165) is 18.9 Å². The minimum absolute atomic E-state index is 0.325. The molecule has 1 unspecified atom stereocenters. The molecular weight excluding hydrogens is 206 g/mol. The van der Waals surface area contributed by atoms with Gasteiger partial charge in [-0.2, -0.15) is 0 Å². The zero-order valence-electron chi connectivity index (χ0n) is 11.5. The quantitative estimate of drug-likeness (QED) is 0.419. The molecule has 0 aliphatic heterocycles. The third-order valence-electron chi connectivity index (χ3n) is 3.65. The fourth-order valence-corrected chi connectivity index (χ4v) is 2.18. The van der Waals surface area contributed by atoms with Crippen LogP contribution >= 0.6 is 0 Å². The van der Waals surface area contributed by atoms with Crippen LogP contribution in [0.5, 0.6) is 0 Å². The summed E-state index contributed by atoms with van der Waals surface area (Å²) in [6.07, 6.45) is 19.1. The Morgan fingerprint density at radius 1 is 1.12 bits per heavy atom. The maximum atomic E-state index is 5.55. The average Bonchev–Trinajstić information content (AvgIpc) is 3.16. The Balaban J connectivity index is 1.86. The van der Waals surface area contributed by atoms with E-state index in [1.54, 1.807) is 0 Å². The Hall–Kier alpha value is -0.480. The third kappa shape index (κ3) is 8.27. The van der Waals surface area contributed by atoms with Crippen molar-refractivity contribution < 1.29 is 0 Å². The normalized spacial score (nSPS) is 16.7. The predicted molar refractivity (Wildman–Crippen MR) is 76.0 cm³/mol. The molecule has 1 atom stereocenters. The Morgan fingerprint density at radius 3 is 2.35 bits per heavy atom. The van der Waals surface area contributed by atoms with Crippen LogP contribution in [0.25, 0.3) is 0 Å². The van der Waals surface area contributed by atoms with Gasteiger partial charge >= 0.3 is 0 Å². The van der Waals surface area contributed by atoms with Crippen LogP contribution < -0.4 is 5.32 Å². The van der Waals surface area contributed by atoms with Gasteiger partial charge in [-0.1, -0.05) is 57.8 Å². The van der Waals surface area contributed by atoms with Crippen molar-refractivity contribution in [2.75, 3.05) is 6.54 Å². The lowest BCUT2D eigenvalue weighted by Gasteiger charge is -2.12. The number of unbranched alkanes of at least 4 members (excludes halogenated alkanes) is 6. The lowest BCUT2D eigenvalue weighted by atomic mass is 10.1. The van der Waals surface area contributed by atoms with Crippen LogP contribution in [-0.4, -0.2) is 12.6 Å². The van der Waals surface area contributed by atoms with Crippen molar-refractivity contribution in [3.63, 3.8) is 0 Å². The topological polar surface area (TPSA) is 12.0 Å².